The van der Waals surface area contributed by atoms with Crippen molar-refractivity contribution < 1.29 is 18.4 Å². The fourth-order valence-electron chi connectivity index (χ4n) is 3.99. The first-order valence-electron chi connectivity index (χ1n) is 11.4. The number of carbonyl (C=O) groups is 1. The van der Waals surface area contributed by atoms with E-state index in [4.69, 9.17) is 4.84 Å². The Labute approximate surface area is 206 Å². The zero-order chi connectivity index (χ0) is 25.1. The summed E-state index contributed by atoms with van der Waals surface area (Å²) in [6.07, 6.45) is 2.90. The molecule has 1 aliphatic rings. The van der Waals surface area contributed by atoms with Crippen molar-refractivity contribution in [3.63, 3.8) is 0 Å². The Hall–Kier alpha value is -4.46. The lowest BCUT2D eigenvalue weighted by atomic mass is 9.94. The number of pyridine rings is 2. The van der Waals surface area contributed by atoms with E-state index in [-0.39, 0.29) is 24.4 Å². The van der Waals surface area contributed by atoms with Gasteiger partial charge in [0.05, 0.1) is 29.8 Å². The zero-order valence-corrected chi connectivity index (χ0v) is 19.4. The van der Waals surface area contributed by atoms with Gasteiger partial charge in [-0.1, -0.05) is 23.4 Å². The highest BCUT2D eigenvalue weighted by Gasteiger charge is 2.26. The molecular formula is C28H22F2N4O2. The Morgan fingerprint density at radius 2 is 1.89 bits per heavy atom. The standard InChI is InChI=1S/C28H22F2N4O2/c1-17-5-8-23(24(30)10-17)18-11-19(26-14-27(36-34-26)25-4-2-3-9-31-25)13-20(12-18)28(35)33-16-22-7-6-21(29)15-32-22/h2-13,15,27H,14,16H2,1H3,(H,33,35). The maximum Gasteiger partial charge on any atom is 0.251 e. The van der Waals surface area contributed by atoms with Crippen molar-refractivity contribution in [1.29, 1.82) is 0 Å². The van der Waals surface area contributed by atoms with Gasteiger partial charge in [0.2, 0.25) is 0 Å². The van der Waals surface area contributed by atoms with E-state index in [0.29, 0.717) is 40.1 Å². The van der Waals surface area contributed by atoms with Gasteiger partial charge in [0.25, 0.3) is 5.91 Å². The minimum Gasteiger partial charge on any atom is -0.385 e. The highest BCUT2D eigenvalue weighted by atomic mass is 19.1. The van der Waals surface area contributed by atoms with Crippen molar-refractivity contribution in [2.45, 2.75) is 26.0 Å². The molecular weight excluding hydrogens is 462 g/mol. The van der Waals surface area contributed by atoms with Gasteiger partial charge in [-0.3, -0.25) is 14.8 Å². The number of aromatic nitrogens is 2. The molecule has 0 radical (unpaired) electrons. The van der Waals surface area contributed by atoms with Crippen molar-refractivity contribution in [2.24, 2.45) is 5.16 Å². The van der Waals surface area contributed by atoms with Crippen LogP contribution in [0.2, 0.25) is 0 Å². The molecule has 36 heavy (non-hydrogen) atoms. The molecule has 1 N–H and O–H groups in total. The van der Waals surface area contributed by atoms with Gasteiger partial charge in [-0.2, -0.15) is 0 Å². The summed E-state index contributed by atoms with van der Waals surface area (Å²) >= 11 is 0. The Kier molecular flexibility index (Phi) is 6.49. The number of nitrogens with one attached hydrogen (secondary N) is 1. The van der Waals surface area contributed by atoms with E-state index >= 15 is 0 Å². The molecule has 0 aliphatic carbocycles. The minimum absolute atomic E-state index is 0.114. The number of hydrogen-bond acceptors (Lipinski definition) is 5. The second-order valence-electron chi connectivity index (χ2n) is 8.52. The molecule has 2 aromatic carbocycles. The van der Waals surface area contributed by atoms with Gasteiger partial charge < -0.3 is 10.2 Å². The molecule has 180 valence electrons. The number of aryl methyl sites for hydroxylation is 1. The Morgan fingerprint density at radius 3 is 2.64 bits per heavy atom. The van der Waals surface area contributed by atoms with E-state index in [0.717, 1.165) is 17.5 Å². The number of nitrogens with zero attached hydrogens (tertiary/aromatic N) is 3. The molecule has 2 aromatic heterocycles. The van der Waals surface area contributed by atoms with Crippen molar-refractivity contribution >= 4 is 11.6 Å². The first-order valence-corrected chi connectivity index (χ1v) is 11.4. The van der Waals surface area contributed by atoms with E-state index < -0.39 is 5.82 Å². The third kappa shape index (κ3) is 5.12. The summed E-state index contributed by atoms with van der Waals surface area (Å²) < 4.78 is 28.0. The normalized spacial score (nSPS) is 14.8. The molecule has 1 aliphatic heterocycles. The second-order valence-corrected chi connectivity index (χ2v) is 8.52. The van der Waals surface area contributed by atoms with Crippen LogP contribution < -0.4 is 5.32 Å². The Balaban J connectivity index is 1.46. The molecule has 5 rings (SSSR count). The van der Waals surface area contributed by atoms with E-state index in [1.165, 1.54) is 18.2 Å². The molecule has 1 atom stereocenters. The van der Waals surface area contributed by atoms with Crippen LogP contribution in [0.5, 0.6) is 0 Å². The highest BCUT2D eigenvalue weighted by molar-refractivity contribution is 6.05. The third-order valence-electron chi connectivity index (χ3n) is 5.87. The number of carbonyl (C=O) groups excluding carboxylic acids is 1. The summed E-state index contributed by atoms with van der Waals surface area (Å²) in [5.74, 6) is -1.21. The van der Waals surface area contributed by atoms with Gasteiger partial charge in [0.1, 0.15) is 11.6 Å². The third-order valence-corrected chi connectivity index (χ3v) is 5.87. The largest absolute Gasteiger partial charge is 0.385 e. The molecule has 1 unspecified atom stereocenters. The molecule has 0 bridgehead atoms. The molecule has 1 amide bonds. The van der Waals surface area contributed by atoms with Crippen molar-refractivity contribution in [3.8, 4) is 11.1 Å². The quantitative estimate of drug-likeness (QED) is 0.391. The monoisotopic (exact) mass is 484 g/mol. The topological polar surface area (TPSA) is 76.5 Å². The molecule has 6 nitrogen and oxygen atoms in total. The van der Waals surface area contributed by atoms with Crippen LogP contribution in [0, 0.1) is 18.6 Å². The fraction of sp³-hybridized carbons (Fsp3) is 0.143. The van der Waals surface area contributed by atoms with E-state index in [1.807, 2.05) is 31.2 Å². The van der Waals surface area contributed by atoms with Crippen LogP contribution in [0.4, 0.5) is 8.78 Å². The average Bonchev–Trinajstić information content (AvgIpc) is 3.39. The van der Waals surface area contributed by atoms with Crippen molar-refractivity contribution in [1.82, 2.24) is 15.3 Å². The van der Waals surface area contributed by atoms with Gasteiger partial charge in [0, 0.05) is 29.3 Å². The number of oxime groups is 1. The van der Waals surface area contributed by atoms with Crippen LogP contribution in [-0.2, 0) is 11.4 Å². The van der Waals surface area contributed by atoms with Gasteiger partial charge in [-0.15, -0.1) is 0 Å². The maximum absolute atomic E-state index is 14.9. The number of rotatable bonds is 6. The van der Waals surface area contributed by atoms with Crippen LogP contribution >= 0.6 is 0 Å². The minimum atomic E-state index is -0.453. The van der Waals surface area contributed by atoms with Crippen LogP contribution in [0.15, 0.2) is 84.3 Å². The molecule has 3 heterocycles. The molecule has 4 aromatic rings. The molecule has 8 heteroatoms. The second kappa shape index (κ2) is 10.0. The van der Waals surface area contributed by atoms with Crippen LogP contribution in [0.25, 0.3) is 11.1 Å². The van der Waals surface area contributed by atoms with Crippen molar-refractivity contribution in [2.75, 3.05) is 0 Å². The van der Waals surface area contributed by atoms with Crippen molar-refractivity contribution in [3.05, 3.63) is 119 Å². The SMILES string of the molecule is Cc1ccc(-c2cc(C(=O)NCc3ccc(F)cn3)cc(C3=NOC(c4ccccn4)C3)c2)c(F)c1. The highest BCUT2D eigenvalue weighted by Crippen LogP contribution is 2.31. The number of hydrogen-bond donors (Lipinski definition) is 1. The average molecular weight is 485 g/mol. The van der Waals surface area contributed by atoms with Crippen LogP contribution in [-0.4, -0.2) is 21.6 Å². The predicted molar refractivity (Wildman–Crippen MR) is 131 cm³/mol. The lowest BCUT2D eigenvalue weighted by Crippen LogP contribution is -2.23. The zero-order valence-electron chi connectivity index (χ0n) is 19.4. The molecule has 0 saturated heterocycles. The Morgan fingerprint density at radius 1 is 1.03 bits per heavy atom. The van der Waals surface area contributed by atoms with Crippen LogP contribution in [0.1, 0.15) is 45.4 Å². The first kappa shape index (κ1) is 23.3. The number of benzene rings is 2. The smallest absolute Gasteiger partial charge is 0.251 e. The lowest BCUT2D eigenvalue weighted by Gasteiger charge is -2.12. The Bertz CT molecular complexity index is 1440. The summed E-state index contributed by atoms with van der Waals surface area (Å²) in [5.41, 5.74) is 4.58. The summed E-state index contributed by atoms with van der Waals surface area (Å²) in [5, 5.41) is 7.03. The number of halogens is 2. The predicted octanol–water partition coefficient (Wildman–Crippen LogP) is 5.53. The molecule has 0 spiro atoms. The lowest BCUT2D eigenvalue weighted by molar-refractivity contribution is 0.0826. The van der Waals surface area contributed by atoms with E-state index in [1.54, 1.807) is 30.5 Å². The molecule has 0 fully saturated rings. The van der Waals surface area contributed by atoms with E-state index in [2.05, 4.69) is 20.4 Å². The summed E-state index contributed by atoms with van der Waals surface area (Å²) in [7, 11) is 0. The molecule has 0 saturated carbocycles. The number of amides is 1. The van der Waals surface area contributed by atoms with Gasteiger partial charge in [-0.25, -0.2) is 8.78 Å². The summed E-state index contributed by atoms with van der Waals surface area (Å²) in [6.45, 7) is 1.93. The van der Waals surface area contributed by atoms with Crippen LogP contribution in [0.3, 0.4) is 0 Å². The van der Waals surface area contributed by atoms with Gasteiger partial charge in [0.15, 0.2) is 6.10 Å². The summed E-state index contributed by atoms with van der Waals surface area (Å²) in [6, 6.07) is 18.5. The first-order chi connectivity index (χ1) is 17.5. The van der Waals surface area contributed by atoms with Gasteiger partial charge in [-0.05, 0) is 66.6 Å². The summed E-state index contributed by atoms with van der Waals surface area (Å²) in [4.78, 5) is 27.0. The maximum atomic E-state index is 14.9. The fourth-order valence-corrected chi connectivity index (χ4v) is 3.99. The van der Waals surface area contributed by atoms with E-state index in [9.17, 15) is 13.6 Å². The van der Waals surface area contributed by atoms with Gasteiger partial charge >= 0.3 is 0 Å².